The molecule has 4 nitrogen and oxygen atoms in total. The molecule has 0 radical (unpaired) electrons. The molecule has 0 N–H and O–H groups in total. The SMILES string of the molecule is CC(C)(C)c1cc(N(c2ccc(C#N)cc2)c2ccc([Si](C)(C)C)cc2)c2ccc3c(C(C)(C)C)cc(N(c4ccc(C#N)cc4)c4ccc([Si](C)(C)C)cc4)c4ccc1c2c43. The quantitative estimate of drug-likeness (QED) is 0.113. The fraction of sp³-hybridized carbons (Fsp3) is 0.250. The first-order chi connectivity index (χ1) is 29.2. The van der Waals surface area contributed by atoms with Gasteiger partial charge in [0.25, 0.3) is 0 Å². The minimum atomic E-state index is -1.56. The first-order valence-corrected chi connectivity index (χ1v) is 28.8. The van der Waals surface area contributed by atoms with Gasteiger partial charge < -0.3 is 9.80 Å². The third-order valence-corrected chi connectivity index (χ3v) is 16.6. The average Bonchev–Trinajstić information content (AvgIpc) is 3.23. The molecule has 0 bridgehead atoms. The van der Waals surface area contributed by atoms with Gasteiger partial charge in [0.1, 0.15) is 0 Å². The highest BCUT2D eigenvalue weighted by atomic mass is 28.3. The van der Waals surface area contributed by atoms with Gasteiger partial charge in [-0.2, -0.15) is 10.5 Å². The number of rotatable bonds is 8. The Labute approximate surface area is 371 Å². The second kappa shape index (κ2) is 15.3. The van der Waals surface area contributed by atoms with Crippen LogP contribution in [-0.4, -0.2) is 16.1 Å². The van der Waals surface area contributed by atoms with Crippen LogP contribution in [0.3, 0.4) is 0 Å². The molecule has 0 saturated carbocycles. The van der Waals surface area contributed by atoms with Gasteiger partial charge in [0.15, 0.2) is 0 Å². The Morgan fingerprint density at radius 2 is 0.661 bits per heavy atom. The summed E-state index contributed by atoms with van der Waals surface area (Å²) in [5.41, 5.74) is 9.85. The zero-order chi connectivity index (χ0) is 44.5. The molecular formula is C56H58N4Si2. The molecule has 0 heterocycles. The third kappa shape index (κ3) is 7.68. The molecule has 6 heteroatoms. The van der Waals surface area contributed by atoms with Crippen LogP contribution in [0.5, 0.6) is 0 Å². The van der Waals surface area contributed by atoms with E-state index in [-0.39, 0.29) is 10.8 Å². The van der Waals surface area contributed by atoms with Gasteiger partial charge in [0.2, 0.25) is 0 Å². The van der Waals surface area contributed by atoms with Crippen LogP contribution in [0, 0.1) is 22.7 Å². The Morgan fingerprint density at radius 1 is 0.387 bits per heavy atom. The maximum absolute atomic E-state index is 9.81. The van der Waals surface area contributed by atoms with E-state index in [9.17, 15) is 10.5 Å². The Hall–Kier alpha value is -6.19. The first kappa shape index (κ1) is 42.5. The van der Waals surface area contributed by atoms with E-state index >= 15 is 0 Å². The number of hydrogen-bond acceptors (Lipinski definition) is 4. The van der Waals surface area contributed by atoms with Crippen LogP contribution in [-0.2, 0) is 10.8 Å². The van der Waals surface area contributed by atoms with E-state index in [0.29, 0.717) is 11.1 Å². The highest BCUT2D eigenvalue weighted by Crippen LogP contribution is 2.52. The van der Waals surface area contributed by atoms with Crippen LogP contribution >= 0.6 is 0 Å². The molecule has 0 unspecified atom stereocenters. The zero-order valence-corrected chi connectivity index (χ0v) is 40.5. The molecule has 62 heavy (non-hydrogen) atoms. The monoisotopic (exact) mass is 842 g/mol. The lowest BCUT2D eigenvalue weighted by Gasteiger charge is -2.34. The number of nitrogens with zero attached hydrogens (tertiary/aromatic N) is 4. The molecule has 0 atom stereocenters. The van der Waals surface area contributed by atoms with Crippen LogP contribution in [0.25, 0.3) is 32.3 Å². The lowest BCUT2D eigenvalue weighted by molar-refractivity contribution is 0.595. The lowest BCUT2D eigenvalue weighted by Crippen LogP contribution is -2.37. The van der Waals surface area contributed by atoms with Crippen molar-refractivity contribution in [1.82, 2.24) is 0 Å². The normalized spacial score (nSPS) is 12.5. The predicted octanol–water partition coefficient (Wildman–Crippen LogP) is 15.0. The van der Waals surface area contributed by atoms with Gasteiger partial charge in [-0.1, -0.05) is 140 Å². The van der Waals surface area contributed by atoms with E-state index in [4.69, 9.17) is 0 Å². The topological polar surface area (TPSA) is 54.1 Å². The molecule has 0 spiro atoms. The Bertz CT molecular complexity index is 2820. The van der Waals surface area contributed by atoms with Crippen molar-refractivity contribution in [2.75, 3.05) is 9.80 Å². The smallest absolute Gasteiger partial charge is 0.0991 e. The summed E-state index contributed by atoms with van der Waals surface area (Å²) >= 11 is 0. The van der Waals surface area contributed by atoms with Crippen LogP contribution in [0.2, 0.25) is 39.3 Å². The highest BCUT2D eigenvalue weighted by molar-refractivity contribution is 6.89. The standard InChI is InChI=1S/C56H58N4Si2/c1-55(2,3)49-33-51(59(39-17-13-37(35-57)14-18-39)41-21-25-43(26-22-41)61(7,8)9)47-32-30-46-50(56(4,5)6)34-52(48-31-29-45(49)53(47)54(46)48)60(40-19-15-38(36-58)16-20-40)42-23-27-44(28-24-42)62(10,11)12/h13-34H,1-12H3. The molecule has 310 valence electrons. The molecule has 0 aromatic heterocycles. The van der Waals surface area contributed by atoms with Crippen molar-refractivity contribution in [2.45, 2.75) is 91.7 Å². The van der Waals surface area contributed by atoms with Gasteiger partial charge in [-0.25, -0.2) is 0 Å². The summed E-state index contributed by atoms with van der Waals surface area (Å²) in [6, 6.07) is 53.3. The average molecular weight is 843 g/mol. The van der Waals surface area contributed by atoms with E-state index in [1.807, 2.05) is 24.3 Å². The minimum absolute atomic E-state index is 0.183. The molecule has 0 aliphatic heterocycles. The molecule has 0 aliphatic carbocycles. The van der Waals surface area contributed by atoms with Crippen LogP contribution < -0.4 is 20.2 Å². The Balaban J connectivity index is 1.51. The number of anilines is 6. The third-order valence-electron chi connectivity index (χ3n) is 12.4. The van der Waals surface area contributed by atoms with Crippen molar-refractivity contribution < 1.29 is 0 Å². The summed E-state index contributed by atoms with van der Waals surface area (Å²) in [6.45, 7) is 28.3. The van der Waals surface area contributed by atoms with Crippen molar-refractivity contribution in [3.8, 4) is 12.1 Å². The van der Waals surface area contributed by atoms with Crippen LogP contribution in [0.15, 0.2) is 133 Å². The summed E-state index contributed by atoms with van der Waals surface area (Å²) in [5, 5.41) is 29.8. The van der Waals surface area contributed by atoms with E-state index in [1.54, 1.807) is 0 Å². The zero-order valence-electron chi connectivity index (χ0n) is 38.5. The fourth-order valence-electron chi connectivity index (χ4n) is 9.01. The molecule has 0 amide bonds. The van der Waals surface area contributed by atoms with E-state index in [1.165, 1.54) is 53.8 Å². The number of hydrogen-bond donors (Lipinski definition) is 0. The maximum atomic E-state index is 9.81. The summed E-state index contributed by atoms with van der Waals surface area (Å²) in [4.78, 5) is 4.79. The second-order valence-corrected chi connectivity index (χ2v) is 31.2. The van der Waals surface area contributed by atoms with Crippen molar-refractivity contribution in [2.24, 2.45) is 0 Å². The van der Waals surface area contributed by atoms with Crippen molar-refractivity contribution in [1.29, 1.82) is 10.5 Å². The van der Waals surface area contributed by atoms with E-state index < -0.39 is 16.1 Å². The molecular weight excluding hydrogens is 785 g/mol. The molecule has 0 fully saturated rings. The Kier molecular flexibility index (Phi) is 10.5. The van der Waals surface area contributed by atoms with Gasteiger partial charge in [-0.3, -0.25) is 0 Å². The number of benzene rings is 8. The molecule has 0 aliphatic rings. The van der Waals surface area contributed by atoms with Crippen molar-refractivity contribution in [3.05, 3.63) is 156 Å². The lowest BCUT2D eigenvalue weighted by atomic mass is 9.77. The van der Waals surface area contributed by atoms with Gasteiger partial charge >= 0.3 is 0 Å². The van der Waals surface area contributed by atoms with Gasteiger partial charge in [0.05, 0.1) is 50.8 Å². The van der Waals surface area contributed by atoms with E-state index in [0.717, 1.165) is 34.1 Å². The maximum Gasteiger partial charge on any atom is 0.0991 e. The van der Waals surface area contributed by atoms with Crippen LogP contribution in [0.1, 0.15) is 63.8 Å². The van der Waals surface area contributed by atoms with Gasteiger partial charge in [0, 0.05) is 33.5 Å². The predicted molar refractivity (Wildman–Crippen MR) is 272 cm³/mol. The highest BCUT2D eigenvalue weighted by Gasteiger charge is 2.30. The number of nitriles is 2. The first-order valence-electron chi connectivity index (χ1n) is 21.8. The molecule has 0 saturated heterocycles. The summed E-state index contributed by atoms with van der Waals surface area (Å²) < 4.78 is 0. The van der Waals surface area contributed by atoms with Crippen LogP contribution in [0.4, 0.5) is 34.1 Å². The molecule has 8 aromatic rings. The Morgan fingerprint density at radius 3 is 0.919 bits per heavy atom. The molecule has 8 aromatic carbocycles. The van der Waals surface area contributed by atoms with Crippen molar-refractivity contribution >= 4 is 93.0 Å². The largest absolute Gasteiger partial charge is 0.310 e. The molecule has 8 rings (SSSR count). The van der Waals surface area contributed by atoms with E-state index in [2.05, 4.69) is 212 Å². The summed E-state index contributed by atoms with van der Waals surface area (Å²) in [7, 11) is -3.11. The van der Waals surface area contributed by atoms with Gasteiger partial charge in [-0.15, -0.1) is 0 Å². The summed E-state index contributed by atoms with van der Waals surface area (Å²) in [6.07, 6.45) is 0. The fourth-order valence-corrected chi connectivity index (χ4v) is 11.3. The van der Waals surface area contributed by atoms with Crippen molar-refractivity contribution in [3.63, 3.8) is 0 Å². The summed E-state index contributed by atoms with van der Waals surface area (Å²) in [5.74, 6) is 0. The second-order valence-electron chi connectivity index (χ2n) is 21.0. The minimum Gasteiger partial charge on any atom is -0.310 e. The van der Waals surface area contributed by atoms with Gasteiger partial charge in [-0.05, 0) is 128 Å².